The third kappa shape index (κ3) is 2.15. The van der Waals surface area contributed by atoms with Crippen molar-refractivity contribution in [1.29, 1.82) is 0 Å². The number of aromatic nitrogens is 3. The molecule has 0 aliphatic carbocycles. The van der Waals surface area contributed by atoms with E-state index >= 15 is 0 Å². The van der Waals surface area contributed by atoms with Gasteiger partial charge >= 0.3 is 0 Å². The SMILES string of the molecule is Cn1ncnc1CC(=O)c1coc(Br)c1. The number of carbonyl (C=O) groups is 1. The molecule has 0 radical (unpaired) electrons. The summed E-state index contributed by atoms with van der Waals surface area (Å²) in [5.41, 5.74) is 0.532. The van der Waals surface area contributed by atoms with Crippen LogP contribution in [0, 0.1) is 0 Å². The van der Waals surface area contributed by atoms with E-state index in [1.165, 1.54) is 12.6 Å². The van der Waals surface area contributed by atoms with Crippen LogP contribution < -0.4 is 0 Å². The number of halogens is 1. The zero-order valence-corrected chi connectivity index (χ0v) is 9.56. The molecule has 0 saturated heterocycles. The molecule has 0 amide bonds. The highest BCUT2D eigenvalue weighted by Gasteiger charge is 2.12. The van der Waals surface area contributed by atoms with Crippen molar-refractivity contribution in [3.05, 3.63) is 34.7 Å². The molecule has 15 heavy (non-hydrogen) atoms. The fourth-order valence-electron chi connectivity index (χ4n) is 1.18. The zero-order chi connectivity index (χ0) is 10.8. The third-order valence-electron chi connectivity index (χ3n) is 2.01. The summed E-state index contributed by atoms with van der Waals surface area (Å²) in [7, 11) is 1.75. The molecule has 0 saturated carbocycles. The predicted octanol–water partition coefficient (Wildman–Crippen LogP) is 1.60. The Labute approximate surface area is 94.2 Å². The molecular weight excluding hydrogens is 262 g/mol. The van der Waals surface area contributed by atoms with Crippen molar-refractivity contribution in [2.75, 3.05) is 0 Å². The van der Waals surface area contributed by atoms with Gasteiger partial charge in [0.25, 0.3) is 0 Å². The Morgan fingerprint density at radius 1 is 1.67 bits per heavy atom. The molecule has 0 bridgehead atoms. The molecule has 2 rings (SSSR count). The fraction of sp³-hybridized carbons (Fsp3) is 0.222. The number of Topliss-reactive ketones (excluding diaryl/α,β-unsaturated/α-hetero) is 1. The van der Waals surface area contributed by atoms with Gasteiger partial charge in [0.05, 0.1) is 12.0 Å². The van der Waals surface area contributed by atoms with Gasteiger partial charge in [0.15, 0.2) is 10.5 Å². The maximum atomic E-state index is 11.7. The van der Waals surface area contributed by atoms with Gasteiger partial charge in [-0.05, 0) is 15.9 Å². The summed E-state index contributed by atoms with van der Waals surface area (Å²) in [5.74, 6) is 0.595. The van der Waals surface area contributed by atoms with E-state index in [4.69, 9.17) is 4.42 Å². The maximum Gasteiger partial charge on any atom is 0.173 e. The predicted molar refractivity (Wildman–Crippen MR) is 55.4 cm³/mol. The number of carbonyl (C=O) groups excluding carboxylic acids is 1. The number of furan rings is 1. The van der Waals surface area contributed by atoms with Crippen LogP contribution >= 0.6 is 15.9 Å². The minimum atomic E-state index is -0.0412. The first-order valence-corrected chi connectivity index (χ1v) is 5.06. The van der Waals surface area contributed by atoms with Crippen LogP contribution in [-0.2, 0) is 13.5 Å². The van der Waals surface area contributed by atoms with E-state index in [0.29, 0.717) is 16.1 Å². The topological polar surface area (TPSA) is 60.9 Å². The van der Waals surface area contributed by atoms with Gasteiger partial charge in [0.2, 0.25) is 0 Å². The Kier molecular flexibility index (Phi) is 2.68. The third-order valence-corrected chi connectivity index (χ3v) is 2.43. The monoisotopic (exact) mass is 269 g/mol. The Morgan fingerprint density at radius 3 is 3.00 bits per heavy atom. The minimum absolute atomic E-state index is 0.0412. The average Bonchev–Trinajstić information content (AvgIpc) is 2.77. The molecule has 78 valence electrons. The highest BCUT2D eigenvalue weighted by atomic mass is 79.9. The summed E-state index contributed by atoms with van der Waals surface area (Å²) in [6.45, 7) is 0. The van der Waals surface area contributed by atoms with Crippen molar-refractivity contribution in [3.63, 3.8) is 0 Å². The molecule has 2 aromatic heterocycles. The zero-order valence-electron chi connectivity index (χ0n) is 7.98. The van der Waals surface area contributed by atoms with Gasteiger partial charge in [-0.2, -0.15) is 5.10 Å². The lowest BCUT2D eigenvalue weighted by Gasteiger charge is -1.96. The van der Waals surface area contributed by atoms with Crippen LogP contribution in [0.15, 0.2) is 27.7 Å². The van der Waals surface area contributed by atoms with Crippen molar-refractivity contribution in [3.8, 4) is 0 Å². The van der Waals surface area contributed by atoms with E-state index in [1.54, 1.807) is 17.8 Å². The van der Waals surface area contributed by atoms with E-state index in [0.717, 1.165) is 0 Å². The fourth-order valence-corrected chi connectivity index (χ4v) is 1.52. The molecule has 0 N–H and O–H groups in total. The molecule has 5 nitrogen and oxygen atoms in total. The van der Waals surface area contributed by atoms with Gasteiger partial charge in [-0.3, -0.25) is 9.48 Å². The number of ketones is 1. The standard InChI is InChI=1S/C9H8BrN3O2/c1-13-9(11-5-12-13)3-7(14)6-2-8(10)15-4-6/h2,4-5H,3H2,1H3. The van der Waals surface area contributed by atoms with Crippen LogP contribution in [-0.4, -0.2) is 20.5 Å². The lowest BCUT2D eigenvalue weighted by Crippen LogP contribution is -2.08. The minimum Gasteiger partial charge on any atom is -0.457 e. The molecule has 0 aliphatic heterocycles. The van der Waals surface area contributed by atoms with Crippen LogP contribution in [0.1, 0.15) is 16.2 Å². The number of nitrogens with zero attached hydrogens (tertiary/aromatic N) is 3. The maximum absolute atomic E-state index is 11.7. The second-order valence-corrected chi connectivity index (χ2v) is 3.82. The van der Waals surface area contributed by atoms with Gasteiger partial charge in [0.1, 0.15) is 18.4 Å². The molecule has 0 spiro atoms. The Bertz CT molecular complexity index is 489. The molecule has 2 heterocycles. The highest BCUT2D eigenvalue weighted by molar-refractivity contribution is 9.10. The number of aryl methyl sites for hydroxylation is 1. The highest BCUT2D eigenvalue weighted by Crippen LogP contribution is 2.15. The number of hydrogen-bond acceptors (Lipinski definition) is 4. The molecule has 0 unspecified atom stereocenters. The van der Waals surface area contributed by atoms with Crippen molar-refractivity contribution < 1.29 is 9.21 Å². The quantitative estimate of drug-likeness (QED) is 0.795. The van der Waals surface area contributed by atoms with Crippen LogP contribution in [0.5, 0.6) is 0 Å². The van der Waals surface area contributed by atoms with Gasteiger partial charge < -0.3 is 4.42 Å². The van der Waals surface area contributed by atoms with Gasteiger partial charge in [0, 0.05) is 13.1 Å². The Balaban J connectivity index is 2.14. The van der Waals surface area contributed by atoms with E-state index in [1.807, 2.05) is 0 Å². The van der Waals surface area contributed by atoms with Gasteiger partial charge in [-0.25, -0.2) is 4.98 Å². The largest absolute Gasteiger partial charge is 0.457 e. The molecule has 0 fully saturated rings. The number of rotatable bonds is 3. The van der Waals surface area contributed by atoms with Gasteiger partial charge in [-0.1, -0.05) is 0 Å². The van der Waals surface area contributed by atoms with Crippen LogP contribution in [0.4, 0.5) is 0 Å². The first kappa shape index (κ1) is 10.1. The molecule has 0 aliphatic rings. The van der Waals surface area contributed by atoms with E-state index < -0.39 is 0 Å². The lowest BCUT2D eigenvalue weighted by atomic mass is 10.1. The van der Waals surface area contributed by atoms with E-state index in [-0.39, 0.29) is 12.2 Å². The van der Waals surface area contributed by atoms with Crippen molar-refractivity contribution in [2.24, 2.45) is 7.05 Å². The Morgan fingerprint density at radius 2 is 2.47 bits per heavy atom. The van der Waals surface area contributed by atoms with Gasteiger partial charge in [-0.15, -0.1) is 0 Å². The summed E-state index contributed by atoms with van der Waals surface area (Å²) >= 11 is 3.14. The van der Waals surface area contributed by atoms with Crippen LogP contribution in [0.25, 0.3) is 0 Å². The van der Waals surface area contributed by atoms with E-state index in [2.05, 4.69) is 26.0 Å². The lowest BCUT2D eigenvalue weighted by molar-refractivity contribution is 0.0989. The first-order valence-electron chi connectivity index (χ1n) is 4.27. The second-order valence-electron chi connectivity index (χ2n) is 3.04. The second kappa shape index (κ2) is 3.98. The molecule has 0 aromatic carbocycles. The summed E-state index contributed by atoms with van der Waals surface area (Å²) in [6.07, 6.45) is 3.07. The smallest absolute Gasteiger partial charge is 0.173 e. The summed E-state index contributed by atoms with van der Waals surface area (Å²) in [5, 5.41) is 3.89. The normalized spacial score (nSPS) is 10.5. The first-order chi connectivity index (χ1) is 7.16. The molecule has 6 heteroatoms. The van der Waals surface area contributed by atoms with E-state index in [9.17, 15) is 4.79 Å². The molecular formula is C9H8BrN3O2. The molecule has 0 atom stereocenters. The average molecular weight is 270 g/mol. The number of hydrogen-bond donors (Lipinski definition) is 0. The summed E-state index contributed by atoms with van der Waals surface area (Å²) in [4.78, 5) is 15.7. The van der Waals surface area contributed by atoms with Crippen LogP contribution in [0.3, 0.4) is 0 Å². The van der Waals surface area contributed by atoms with Crippen LogP contribution in [0.2, 0.25) is 0 Å². The summed E-state index contributed by atoms with van der Waals surface area (Å²) < 4.78 is 7.11. The van der Waals surface area contributed by atoms with Crippen molar-refractivity contribution in [2.45, 2.75) is 6.42 Å². The summed E-state index contributed by atoms with van der Waals surface area (Å²) in [6, 6.07) is 1.64. The van der Waals surface area contributed by atoms with Crippen molar-refractivity contribution >= 4 is 21.7 Å². The Hall–Kier alpha value is -1.43. The molecule has 2 aromatic rings. The van der Waals surface area contributed by atoms with Crippen molar-refractivity contribution in [1.82, 2.24) is 14.8 Å².